The predicted molar refractivity (Wildman–Crippen MR) is 57.4 cm³/mol. The third-order valence-electron chi connectivity index (χ3n) is 3.18. The number of hydrogen-bond acceptors (Lipinski definition) is 3. The number of imidazole rings is 1. The number of nitrogens with one attached hydrogen (secondary N) is 1. The number of ketones is 1. The van der Waals surface area contributed by atoms with Crippen molar-refractivity contribution in [3.8, 4) is 0 Å². The van der Waals surface area contributed by atoms with Crippen LogP contribution < -0.4 is 5.32 Å². The maximum Gasteiger partial charge on any atom is 0.145 e. The van der Waals surface area contributed by atoms with Crippen LogP contribution in [-0.2, 0) is 18.3 Å². The highest BCUT2D eigenvalue weighted by Crippen LogP contribution is 2.18. The predicted octanol–water partition coefficient (Wildman–Crippen LogP) is 0.387. The summed E-state index contributed by atoms with van der Waals surface area (Å²) in [6.07, 6.45) is 4.07. The minimum absolute atomic E-state index is 0.168. The molecule has 1 aromatic heterocycles. The third kappa shape index (κ3) is 2.09. The van der Waals surface area contributed by atoms with Gasteiger partial charge in [-0.25, -0.2) is 4.98 Å². The molecule has 4 heteroatoms. The first kappa shape index (κ1) is 10.4. The zero-order valence-corrected chi connectivity index (χ0v) is 9.23. The van der Waals surface area contributed by atoms with E-state index in [1.54, 1.807) is 6.20 Å². The van der Waals surface area contributed by atoms with Gasteiger partial charge >= 0.3 is 0 Å². The van der Waals surface area contributed by atoms with E-state index in [2.05, 4.69) is 17.2 Å². The van der Waals surface area contributed by atoms with E-state index in [0.717, 1.165) is 18.9 Å². The monoisotopic (exact) mass is 207 g/mol. The lowest BCUT2D eigenvalue weighted by molar-refractivity contribution is -0.122. The fourth-order valence-electron chi connectivity index (χ4n) is 2.09. The summed E-state index contributed by atoms with van der Waals surface area (Å²) < 4.78 is 1.91. The number of carbonyl (C=O) groups excluding carboxylic acids is 1. The van der Waals surface area contributed by atoms with E-state index in [1.165, 1.54) is 0 Å². The van der Waals surface area contributed by atoms with Gasteiger partial charge in [0.25, 0.3) is 0 Å². The molecule has 0 bridgehead atoms. The quantitative estimate of drug-likeness (QED) is 0.780. The van der Waals surface area contributed by atoms with E-state index in [9.17, 15) is 4.79 Å². The molecule has 2 unspecified atom stereocenters. The molecule has 2 rings (SSSR count). The van der Waals surface area contributed by atoms with E-state index in [0.29, 0.717) is 18.1 Å². The minimum atomic E-state index is 0.168. The topological polar surface area (TPSA) is 46.9 Å². The molecule has 1 aliphatic heterocycles. The molecule has 1 fully saturated rings. The van der Waals surface area contributed by atoms with Crippen LogP contribution in [0.25, 0.3) is 0 Å². The van der Waals surface area contributed by atoms with Gasteiger partial charge in [-0.05, 0) is 12.5 Å². The van der Waals surface area contributed by atoms with Gasteiger partial charge in [-0.3, -0.25) is 4.79 Å². The largest absolute Gasteiger partial charge is 0.338 e. The van der Waals surface area contributed by atoms with Crippen LogP contribution in [0, 0.1) is 11.8 Å². The second kappa shape index (κ2) is 4.14. The van der Waals surface area contributed by atoms with Crippen LogP contribution in [0.15, 0.2) is 12.4 Å². The van der Waals surface area contributed by atoms with Crippen molar-refractivity contribution in [3.63, 3.8) is 0 Å². The smallest absolute Gasteiger partial charge is 0.145 e. The Morgan fingerprint density at radius 2 is 2.47 bits per heavy atom. The maximum atomic E-state index is 12.0. The maximum absolute atomic E-state index is 12.0. The number of Topliss-reactive ketones (excluding diaryl/α,β-unsaturated/α-hetero) is 1. The van der Waals surface area contributed by atoms with Crippen LogP contribution >= 0.6 is 0 Å². The summed E-state index contributed by atoms with van der Waals surface area (Å²) >= 11 is 0. The summed E-state index contributed by atoms with van der Waals surface area (Å²) in [7, 11) is 1.92. The molecular formula is C11H17N3O. The van der Waals surface area contributed by atoms with E-state index < -0.39 is 0 Å². The molecule has 0 amide bonds. The van der Waals surface area contributed by atoms with Crippen molar-refractivity contribution in [2.75, 3.05) is 13.1 Å². The number of carbonyl (C=O) groups is 1. The Balaban J connectivity index is 2.01. The van der Waals surface area contributed by atoms with Crippen LogP contribution in [0.5, 0.6) is 0 Å². The van der Waals surface area contributed by atoms with Gasteiger partial charge in [0.1, 0.15) is 11.6 Å². The Labute approximate surface area is 89.7 Å². The number of aryl methyl sites for hydroxylation is 1. The Morgan fingerprint density at radius 3 is 3.00 bits per heavy atom. The average Bonchev–Trinajstić information content (AvgIpc) is 2.76. The summed E-state index contributed by atoms with van der Waals surface area (Å²) in [6.45, 7) is 3.91. The molecule has 1 aliphatic rings. The molecule has 82 valence electrons. The summed E-state index contributed by atoms with van der Waals surface area (Å²) in [4.78, 5) is 16.2. The molecule has 0 radical (unpaired) electrons. The average molecular weight is 207 g/mol. The lowest BCUT2D eigenvalue weighted by Crippen LogP contribution is -2.24. The second-order valence-corrected chi connectivity index (χ2v) is 4.34. The van der Waals surface area contributed by atoms with Crippen LogP contribution in [0.2, 0.25) is 0 Å². The summed E-state index contributed by atoms with van der Waals surface area (Å²) in [5.41, 5.74) is 0. The van der Waals surface area contributed by atoms with Crippen LogP contribution in [0.1, 0.15) is 12.7 Å². The molecule has 2 atom stereocenters. The standard InChI is InChI=1S/C11H17N3O/c1-8-6-12-7-9(8)10(15)5-11-13-3-4-14(11)2/h3-4,8-9,12H,5-7H2,1-2H3. The SMILES string of the molecule is CC1CNCC1C(=O)Cc1nccn1C. The molecule has 0 spiro atoms. The van der Waals surface area contributed by atoms with Gasteiger partial charge in [-0.15, -0.1) is 0 Å². The van der Waals surface area contributed by atoms with Crippen LogP contribution in [-0.4, -0.2) is 28.4 Å². The van der Waals surface area contributed by atoms with Gasteiger partial charge in [-0.1, -0.05) is 6.92 Å². The Kier molecular flexibility index (Phi) is 2.86. The number of hydrogen-bond donors (Lipinski definition) is 1. The normalized spacial score (nSPS) is 25.7. The Bertz CT molecular complexity index is 358. The lowest BCUT2D eigenvalue weighted by Gasteiger charge is -2.12. The molecule has 1 saturated heterocycles. The van der Waals surface area contributed by atoms with Crippen molar-refractivity contribution < 1.29 is 4.79 Å². The zero-order valence-electron chi connectivity index (χ0n) is 9.23. The fraction of sp³-hybridized carbons (Fsp3) is 0.636. The molecule has 0 aromatic carbocycles. The molecule has 1 N–H and O–H groups in total. The van der Waals surface area contributed by atoms with Crippen molar-refractivity contribution in [1.29, 1.82) is 0 Å². The highest BCUT2D eigenvalue weighted by atomic mass is 16.1. The number of rotatable bonds is 3. The molecule has 0 aliphatic carbocycles. The van der Waals surface area contributed by atoms with Crippen molar-refractivity contribution in [3.05, 3.63) is 18.2 Å². The highest BCUT2D eigenvalue weighted by Gasteiger charge is 2.29. The van der Waals surface area contributed by atoms with Crippen molar-refractivity contribution >= 4 is 5.78 Å². The first-order valence-corrected chi connectivity index (χ1v) is 5.38. The molecule has 1 aromatic rings. The Morgan fingerprint density at radius 1 is 1.67 bits per heavy atom. The van der Waals surface area contributed by atoms with Crippen molar-refractivity contribution in [2.45, 2.75) is 13.3 Å². The highest BCUT2D eigenvalue weighted by molar-refractivity contribution is 5.83. The van der Waals surface area contributed by atoms with Crippen molar-refractivity contribution in [2.24, 2.45) is 18.9 Å². The van der Waals surface area contributed by atoms with E-state index >= 15 is 0 Å². The van der Waals surface area contributed by atoms with Gasteiger partial charge in [0.15, 0.2) is 0 Å². The number of nitrogens with zero attached hydrogens (tertiary/aromatic N) is 2. The molecule has 0 saturated carbocycles. The zero-order chi connectivity index (χ0) is 10.8. The number of aromatic nitrogens is 2. The molecule has 15 heavy (non-hydrogen) atoms. The molecular weight excluding hydrogens is 190 g/mol. The van der Waals surface area contributed by atoms with Crippen molar-refractivity contribution in [1.82, 2.24) is 14.9 Å². The molecule has 2 heterocycles. The van der Waals surface area contributed by atoms with Crippen LogP contribution in [0.4, 0.5) is 0 Å². The van der Waals surface area contributed by atoms with Gasteiger partial charge in [0, 0.05) is 31.9 Å². The van der Waals surface area contributed by atoms with Gasteiger partial charge < -0.3 is 9.88 Å². The van der Waals surface area contributed by atoms with Crippen LogP contribution in [0.3, 0.4) is 0 Å². The first-order valence-electron chi connectivity index (χ1n) is 5.38. The molecule has 4 nitrogen and oxygen atoms in total. The van der Waals surface area contributed by atoms with E-state index in [-0.39, 0.29) is 5.92 Å². The van der Waals surface area contributed by atoms with Gasteiger partial charge in [0.2, 0.25) is 0 Å². The fourth-order valence-corrected chi connectivity index (χ4v) is 2.09. The van der Waals surface area contributed by atoms with E-state index in [1.807, 2.05) is 17.8 Å². The second-order valence-electron chi connectivity index (χ2n) is 4.34. The third-order valence-corrected chi connectivity index (χ3v) is 3.18. The Hall–Kier alpha value is -1.16. The lowest BCUT2D eigenvalue weighted by atomic mass is 9.92. The first-order chi connectivity index (χ1) is 7.18. The van der Waals surface area contributed by atoms with Gasteiger partial charge in [0.05, 0.1) is 6.42 Å². The summed E-state index contributed by atoms with van der Waals surface area (Å²) in [5, 5.41) is 3.25. The summed E-state index contributed by atoms with van der Waals surface area (Å²) in [5.74, 6) is 1.79. The minimum Gasteiger partial charge on any atom is -0.338 e. The van der Waals surface area contributed by atoms with Gasteiger partial charge in [-0.2, -0.15) is 0 Å². The summed E-state index contributed by atoms with van der Waals surface area (Å²) in [6, 6.07) is 0. The van der Waals surface area contributed by atoms with E-state index in [4.69, 9.17) is 0 Å².